The van der Waals surface area contributed by atoms with Gasteiger partial charge in [-0.2, -0.15) is 0 Å². The van der Waals surface area contributed by atoms with E-state index in [1.807, 2.05) is 0 Å². The average Bonchev–Trinajstić information content (AvgIpc) is 0. The normalized spacial score (nSPS) is 0. The minimum absolute atomic E-state index is 0. The first-order chi connectivity index (χ1) is 0. The zero-order valence-corrected chi connectivity index (χ0v) is 4.20. The molecule has 0 saturated heterocycles. The van der Waals surface area contributed by atoms with E-state index in [0.717, 1.165) is 0 Å². The number of hydrogen-bond acceptors (Lipinski definition) is 0. The fraction of sp³-hybridized carbons (Fsp3) is 0. The van der Waals surface area contributed by atoms with E-state index < -0.39 is 0 Å². The maximum absolute atomic E-state index is 0. The molecule has 4 heteroatoms. The van der Waals surface area contributed by atoms with Gasteiger partial charge in [-0.3, -0.25) is 0 Å². The third kappa shape index (κ3) is 9.28. The van der Waals surface area contributed by atoms with Crippen LogP contribution in [0.5, 0.6) is 0 Å². The largest absolute Gasteiger partial charge is 0 e. The van der Waals surface area contributed by atoms with Crippen LogP contribution in [-0.4, -0.2) is 83.8 Å². The van der Waals surface area contributed by atoms with Crippen LogP contribution in [0.3, 0.4) is 0 Å². The molecule has 4 heavy (non-hydrogen) atoms. The van der Waals surface area contributed by atoms with Crippen molar-refractivity contribution in [3.63, 3.8) is 0 Å². The third-order valence-electron chi connectivity index (χ3n) is 0. The van der Waals surface area contributed by atoms with Gasteiger partial charge in [0, 0.05) is 35.6 Å². The second-order valence-corrected chi connectivity index (χ2v) is 0. The van der Waals surface area contributed by atoms with Crippen molar-refractivity contribution in [3.05, 3.63) is 0 Å². The van der Waals surface area contributed by atoms with Gasteiger partial charge in [0.2, 0.25) is 0 Å². The Bertz CT molecular complexity index is 8.00. The van der Waals surface area contributed by atoms with Gasteiger partial charge in [-0.25, -0.2) is 0 Å². The summed E-state index contributed by atoms with van der Waals surface area (Å²) in [5, 5.41) is 0. The van der Waals surface area contributed by atoms with Crippen LogP contribution in [-0.2, 0) is 0 Å². The van der Waals surface area contributed by atoms with Crippen molar-refractivity contribution >= 4 is 83.8 Å². The van der Waals surface area contributed by atoms with Crippen LogP contribution in [0.1, 0.15) is 0 Å². The first-order valence-electron chi connectivity index (χ1n) is 0. The molecule has 0 atom stereocenters. The fourth-order valence-electron chi connectivity index (χ4n) is 0. The second kappa shape index (κ2) is 15.8. The Morgan fingerprint density at radius 2 is 1.00 bits per heavy atom. The fourth-order valence-corrected chi connectivity index (χ4v) is 0. The minimum Gasteiger partial charge on any atom is 0 e. The summed E-state index contributed by atoms with van der Waals surface area (Å²) in [6.45, 7) is 0. The Hall–Kier alpha value is 3.84. The van der Waals surface area contributed by atoms with E-state index in [9.17, 15) is 0 Å². The van der Waals surface area contributed by atoms with E-state index in [1.54, 1.807) is 0 Å². The SMILES string of the molecule is [AlH3].[BaH2].[GeH4].[La]. The molecule has 0 aliphatic rings. The van der Waals surface area contributed by atoms with E-state index in [1.165, 1.54) is 0 Å². The molecule has 0 bridgehead atoms. The van der Waals surface area contributed by atoms with E-state index in [-0.39, 0.29) is 119 Å². The Morgan fingerprint density at radius 3 is 1.00 bits per heavy atom. The molecule has 0 spiro atoms. The predicted molar refractivity (Wildman–Crippen MR) is 29.8 cm³/mol. The Labute approximate surface area is 116 Å². The molecule has 0 aliphatic carbocycles. The Kier molecular flexibility index (Phi) is 98.4. The van der Waals surface area contributed by atoms with Crippen LogP contribution >= 0.6 is 0 Å². The summed E-state index contributed by atoms with van der Waals surface area (Å²) < 4.78 is 0. The molecule has 0 amide bonds. The van der Waals surface area contributed by atoms with Gasteiger partial charge in [0.1, 0.15) is 0 Å². The number of hydrogen-bond donors (Lipinski definition) is 0. The van der Waals surface area contributed by atoms with Crippen molar-refractivity contribution in [2.24, 2.45) is 0 Å². The first kappa shape index (κ1) is 24.9. The molecule has 0 aromatic carbocycles. The Balaban J connectivity index is 0. The molecule has 0 unspecified atom stereocenters. The second-order valence-electron chi connectivity index (χ2n) is 0. The third-order valence-corrected chi connectivity index (χ3v) is 0. The standard InChI is InChI=1S/Al.Ba.GeH4.La.5H/h;;1H4;;;;;;. The maximum Gasteiger partial charge on any atom is 0 e. The van der Waals surface area contributed by atoms with Crippen LogP contribution in [0.15, 0.2) is 0 Å². The zero-order chi connectivity index (χ0) is 0. The molecule has 0 aromatic heterocycles. The maximum atomic E-state index is 0. The van der Waals surface area contributed by atoms with Gasteiger partial charge in [0.25, 0.3) is 0 Å². The molecule has 0 saturated carbocycles. The topological polar surface area (TPSA) is 0 Å². The zero-order valence-electron chi connectivity index (χ0n) is 0.577. The van der Waals surface area contributed by atoms with Crippen molar-refractivity contribution in [2.45, 2.75) is 0 Å². The van der Waals surface area contributed by atoms with Gasteiger partial charge in [0.15, 0.2) is 17.4 Å². The summed E-state index contributed by atoms with van der Waals surface area (Å²) >= 11 is 0. The number of rotatable bonds is 0. The molecular formula is H9AlBaGeLa. The minimum atomic E-state index is 0. The van der Waals surface area contributed by atoms with Gasteiger partial charge in [-0.1, -0.05) is 0 Å². The molecule has 0 N–H and O–H groups in total. The van der Waals surface area contributed by atoms with Crippen LogP contribution < -0.4 is 0 Å². The quantitative estimate of drug-likeness (QED) is 0.379. The average molecular weight is 385 g/mol. The van der Waals surface area contributed by atoms with Crippen LogP contribution in [0.2, 0.25) is 0 Å². The summed E-state index contributed by atoms with van der Waals surface area (Å²) in [4.78, 5) is 0. The smallest absolute Gasteiger partial charge is 0 e. The molecule has 0 aliphatic heterocycles. The Morgan fingerprint density at radius 1 is 1.00 bits per heavy atom. The van der Waals surface area contributed by atoms with E-state index in [0.29, 0.717) is 0 Å². The first-order valence-corrected chi connectivity index (χ1v) is 0. The van der Waals surface area contributed by atoms with Crippen molar-refractivity contribution in [2.75, 3.05) is 0 Å². The van der Waals surface area contributed by atoms with Crippen LogP contribution in [0.4, 0.5) is 0 Å². The summed E-state index contributed by atoms with van der Waals surface area (Å²) in [7, 11) is 0. The van der Waals surface area contributed by atoms with Gasteiger partial charge in [-0.05, 0) is 0 Å². The molecule has 0 nitrogen and oxygen atoms in total. The van der Waals surface area contributed by atoms with Crippen molar-refractivity contribution in [3.8, 4) is 0 Å². The summed E-state index contributed by atoms with van der Waals surface area (Å²) in [5.41, 5.74) is 0. The van der Waals surface area contributed by atoms with Gasteiger partial charge in [-0.15, -0.1) is 0 Å². The van der Waals surface area contributed by atoms with E-state index >= 15 is 0 Å². The molecule has 0 heterocycles. The van der Waals surface area contributed by atoms with Crippen molar-refractivity contribution in [1.29, 1.82) is 0 Å². The van der Waals surface area contributed by atoms with Gasteiger partial charge < -0.3 is 0 Å². The molecule has 21 valence electrons. The molecule has 0 aromatic rings. The summed E-state index contributed by atoms with van der Waals surface area (Å²) in [6.07, 6.45) is 0. The van der Waals surface area contributed by atoms with Crippen LogP contribution in [0, 0.1) is 35.6 Å². The monoisotopic (exact) mass is 387 g/mol. The molecule has 1 radical (unpaired) electrons. The van der Waals surface area contributed by atoms with Gasteiger partial charge >= 0.3 is 66.5 Å². The molecular weight excluding hydrogens is 376 g/mol. The molecule has 0 fully saturated rings. The summed E-state index contributed by atoms with van der Waals surface area (Å²) in [5.74, 6) is 0. The predicted octanol–water partition coefficient (Wildman–Crippen LogP) is -3.55. The van der Waals surface area contributed by atoms with Crippen molar-refractivity contribution < 1.29 is 35.6 Å². The van der Waals surface area contributed by atoms with Crippen LogP contribution in [0.25, 0.3) is 0 Å². The van der Waals surface area contributed by atoms with E-state index in [2.05, 4.69) is 0 Å². The molecule has 0 rings (SSSR count). The van der Waals surface area contributed by atoms with Crippen molar-refractivity contribution in [1.82, 2.24) is 0 Å². The van der Waals surface area contributed by atoms with E-state index in [4.69, 9.17) is 0 Å². The van der Waals surface area contributed by atoms with Gasteiger partial charge in [0.05, 0.1) is 0 Å². The summed E-state index contributed by atoms with van der Waals surface area (Å²) in [6, 6.07) is 0.